The molecule has 0 fully saturated rings. The molecular weight excluding hydrogens is 334 g/mol. The van der Waals surface area contributed by atoms with Crippen molar-refractivity contribution in [2.24, 2.45) is 4.99 Å². The molecule has 0 aliphatic rings. The average molecular weight is 349 g/mol. The molecule has 0 aromatic heterocycles. The molecule has 1 unspecified atom stereocenters. The van der Waals surface area contributed by atoms with Crippen LogP contribution in [0.3, 0.4) is 0 Å². The van der Waals surface area contributed by atoms with Crippen molar-refractivity contribution in [2.75, 3.05) is 6.61 Å². The molecule has 0 aliphatic carbocycles. The van der Waals surface area contributed by atoms with Crippen LogP contribution in [0.4, 0.5) is 17.6 Å². The molecule has 0 saturated carbocycles. The van der Waals surface area contributed by atoms with Crippen molar-refractivity contribution in [1.82, 2.24) is 0 Å². The van der Waals surface area contributed by atoms with Gasteiger partial charge in [0.1, 0.15) is 17.6 Å². The minimum atomic E-state index is -2.15. The van der Waals surface area contributed by atoms with Crippen LogP contribution < -0.4 is 0 Å². The van der Waals surface area contributed by atoms with Gasteiger partial charge in [-0.05, 0) is 19.4 Å². The highest BCUT2D eigenvalue weighted by molar-refractivity contribution is 6.15. The van der Waals surface area contributed by atoms with E-state index in [-0.39, 0.29) is 19.1 Å². The third-order valence-electron chi connectivity index (χ3n) is 2.85. The molecule has 2 N–H and O–H groups in total. The van der Waals surface area contributed by atoms with Crippen molar-refractivity contribution >= 4 is 17.9 Å². The normalized spacial score (nSPS) is 13.8. The molecule has 24 heavy (non-hydrogen) atoms. The van der Waals surface area contributed by atoms with Crippen LogP contribution in [0, 0.1) is 23.3 Å². The topological polar surface area (TPSA) is 79.1 Å². The van der Waals surface area contributed by atoms with E-state index >= 15 is 0 Å². The minimum absolute atomic E-state index is 0.117. The second-order valence-electron chi connectivity index (χ2n) is 4.50. The van der Waals surface area contributed by atoms with Gasteiger partial charge in [-0.15, -0.1) is 0 Å². The van der Waals surface area contributed by atoms with E-state index in [4.69, 9.17) is 0 Å². The van der Waals surface area contributed by atoms with Crippen molar-refractivity contribution in [2.45, 2.75) is 26.5 Å². The van der Waals surface area contributed by atoms with Gasteiger partial charge in [0.15, 0.2) is 23.3 Å². The van der Waals surface area contributed by atoms with Crippen LogP contribution in [0.5, 0.6) is 0 Å². The highest BCUT2D eigenvalue weighted by Gasteiger charge is 2.25. The Morgan fingerprint density at radius 2 is 1.88 bits per heavy atom. The Bertz CT molecular complexity index is 689. The zero-order valence-corrected chi connectivity index (χ0v) is 12.8. The maximum atomic E-state index is 13.7. The van der Waals surface area contributed by atoms with Crippen molar-refractivity contribution in [3.05, 3.63) is 40.5 Å². The summed E-state index contributed by atoms with van der Waals surface area (Å²) in [6.07, 6.45) is -0.379. The number of benzene rings is 1. The molecule has 5 nitrogen and oxygen atoms in total. The predicted molar refractivity (Wildman–Crippen MR) is 77.2 cm³/mol. The summed E-state index contributed by atoms with van der Waals surface area (Å²) in [6.45, 7) is 2.90. The Labute approximate surface area is 134 Å². The first-order chi connectivity index (χ1) is 11.2. The van der Waals surface area contributed by atoms with Gasteiger partial charge in [0.2, 0.25) is 0 Å². The smallest absolute Gasteiger partial charge is 0.343 e. The third kappa shape index (κ3) is 4.31. The van der Waals surface area contributed by atoms with E-state index in [9.17, 15) is 32.6 Å². The fourth-order valence-corrected chi connectivity index (χ4v) is 1.58. The lowest BCUT2D eigenvalue weighted by molar-refractivity contribution is -0.137. The van der Waals surface area contributed by atoms with E-state index < -0.39 is 52.4 Å². The van der Waals surface area contributed by atoms with Crippen molar-refractivity contribution in [1.29, 1.82) is 0 Å². The zero-order valence-electron chi connectivity index (χ0n) is 12.8. The summed E-state index contributed by atoms with van der Waals surface area (Å²) in [5.41, 5.74) is -1.85. The number of nitrogens with zero attached hydrogens (tertiary/aromatic N) is 1. The number of carbonyl (C=O) groups is 1. The predicted octanol–water partition coefficient (Wildman–Crippen LogP) is 2.87. The second kappa shape index (κ2) is 8.44. The quantitative estimate of drug-likeness (QED) is 0.157. The molecule has 0 saturated heterocycles. The highest BCUT2D eigenvalue weighted by Crippen LogP contribution is 2.25. The molecule has 9 heteroatoms. The molecule has 0 bridgehead atoms. The van der Waals surface area contributed by atoms with Crippen LogP contribution in [0.2, 0.25) is 0 Å². The number of aliphatic imine (C=N–C) groups is 1. The SMILES string of the molecule is CCOC(=O)C(C=NC(O)CC)=C(O)c1cc(F)c(F)c(F)c1F. The Morgan fingerprint density at radius 3 is 2.42 bits per heavy atom. The fourth-order valence-electron chi connectivity index (χ4n) is 1.58. The number of aliphatic hydroxyl groups is 2. The Morgan fingerprint density at radius 1 is 1.25 bits per heavy atom. The summed E-state index contributed by atoms with van der Waals surface area (Å²) >= 11 is 0. The third-order valence-corrected chi connectivity index (χ3v) is 2.85. The Balaban J connectivity index is 3.53. The van der Waals surface area contributed by atoms with Crippen LogP contribution in [0.15, 0.2) is 16.6 Å². The Kier molecular flexibility index (Phi) is 6.90. The van der Waals surface area contributed by atoms with Gasteiger partial charge in [-0.3, -0.25) is 4.99 Å². The zero-order chi connectivity index (χ0) is 18.4. The van der Waals surface area contributed by atoms with Gasteiger partial charge in [0.25, 0.3) is 0 Å². The van der Waals surface area contributed by atoms with Gasteiger partial charge in [0.05, 0.1) is 12.2 Å². The van der Waals surface area contributed by atoms with Crippen molar-refractivity contribution < 1.29 is 37.3 Å². The number of rotatable bonds is 6. The first-order valence-electron chi connectivity index (χ1n) is 6.89. The largest absolute Gasteiger partial charge is 0.506 e. The number of halogens is 4. The van der Waals surface area contributed by atoms with Gasteiger partial charge in [0, 0.05) is 6.21 Å². The average Bonchev–Trinajstić information content (AvgIpc) is 2.56. The lowest BCUT2D eigenvalue weighted by Gasteiger charge is -2.09. The van der Waals surface area contributed by atoms with Gasteiger partial charge in [-0.1, -0.05) is 6.92 Å². The standard InChI is InChI=1S/C15H15F4NO4/c1-3-10(21)20-6-8(15(23)24-4-2)14(22)7-5-9(16)12(18)13(19)11(7)17/h5-6,10,21-22H,3-4H2,1-2H3. The molecular formula is C15H15F4NO4. The summed E-state index contributed by atoms with van der Waals surface area (Å²) in [5.74, 6) is -10.2. The lowest BCUT2D eigenvalue weighted by Crippen LogP contribution is -2.14. The molecule has 1 rings (SSSR count). The van der Waals surface area contributed by atoms with Gasteiger partial charge < -0.3 is 14.9 Å². The molecule has 0 amide bonds. The maximum Gasteiger partial charge on any atom is 0.343 e. The summed E-state index contributed by atoms with van der Waals surface area (Å²) < 4.78 is 57.9. The number of ether oxygens (including phenoxy) is 1. The highest BCUT2D eigenvalue weighted by atomic mass is 19.2. The number of esters is 1. The van der Waals surface area contributed by atoms with E-state index in [1.54, 1.807) is 6.92 Å². The summed E-state index contributed by atoms with van der Waals surface area (Å²) in [7, 11) is 0. The summed E-state index contributed by atoms with van der Waals surface area (Å²) in [5, 5.41) is 19.3. The van der Waals surface area contributed by atoms with Crippen molar-refractivity contribution in [3.8, 4) is 0 Å². The van der Waals surface area contributed by atoms with Crippen molar-refractivity contribution in [3.63, 3.8) is 0 Å². The number of hydrogen-bond acceptors (Lipinski definition) is 5. The van der Waals surface area contributed by atoms with Gasteiger partial charge >= 0.3 is 5.97 Å². The van der Waals surface area contributed by atoms with E-state index in [0.717, 1.165) is 0 Å². The van der Waals surface area contributed by atoms with Crippen LogP contribution in [0.25, 0.3) is 5.76 Å². The van der Waals surface area contributed by atoms with Crippen LogP contribution in [0.1, 0.15) is 25.8 Å². The molecule has 1 aromatic carbocycles. The summed E-state index contributed by atoms with van der Waals surface area (Å²) in [6, 6.07) is 0.187. The number of carbonyl (C=O) groups excluding carboxylic acids is 1. The van der Waals surface area contributed by atoms with Crippen LogP contribution in [-0.2, 0) is 9.53 Å². The van der Waals surface area contributed by atoms with E-state index in [1.165, 1.54) is 6.92 Å². The van der Waals surface area contributed by atoms with E-state index in [2.05, 4.69) is 9.73 Å². The van der Waals surface area contributed by atoms with Crippen LogP contribution >= 0.6 is 0 Å². The monoisotopic (exact) mass is 349 g/mol. The molecule has 0 heterocycles. The number of hydrogen-bond donors (Lipinski definition) is 2. The van der Waals surface area contributed by atoms with E-state index in [1.807, 2.05) is 0 Å². The number of aliphatic hydroxyl groups excluding tert-OH is 2. The maximum absolute atomic E-state index is 13.7. The minimum Gasteiger partial charge on any atom is -0.506 e. The Hall–Kier alpha value is -2.42. The first-order valence-corrected chi connectivity index (χ1v) is 6.89. The molecule has 132 valence electrons. The second-order valence-corrected chi connectivity index (χ2v) is 4.50. The lowest BCUT2D eigenvalue weighted by atomic mass is 10.1. The van der Waals surface area contributed by atoms with Gasteiger partial charge in [-0.25, -0.2) is 22.4 Å². The van der Waals surface area contributed by atoms with Gasteiger partial charge in [-0.2, -0.15) is 0 Å². The summed E-state index contributed by atoms with van der Waals surface area (Å²) in [4.78, 5) is 15.3. The van der Waals surface area contributed by atoms with Crippen LogP contribution in [-0.4, -0.2) is 35.2 Å². The molecule has 0 radical (unpaired) electrons. The first kappa shape index (κ1) is 19.6. The molecule has 0 spiro atoms. The molecule has 0 aliphatic heterocycles. The molecule has 1 aromatic rings. The fraction of sp³-hybridized carbons (Fsp3) is 0.333. The van der Waals surface area contributed by atoms with E-state index in [0.29, 0.717) is 6.21 Å². The molecule has 1 atom stereocenters.